The SMILES string of the molecule is CNCc1cc(S(=O)(=O)NC2(C)CCC2)c(C)s1. The number of nitrogens with one attached hydrogen (secondary N) is 2. The standard InChI is InChI=1S/C12H20N2O2S2/c1-9-11(7-10(17-9)8-13-3)18(15,16)14-12(2)5-4-6-12/h7,13-14H,4-6,8H2,1-3H3. The molecule has 1 saturated carbocycles. The van der Waals surface area contributed by atoms with Crippen molar-refractivity contribution in [1.29, 1.82) is 0 Å². The molecule has 1 aliphatic rings. The van der Waals surface area contributed by atoms with Crippen LogP contribution in [0.4, 0.5) is 0 Å². The van der Waals surface area contributed by atoms with E-state index in [9.17, 15) is 8.42 Å². The molecule has 0 saturated heterocycles. The van der Waals surface area contributed by atoms with Gasteiger partial charge in [-0.25, -0.2) is 13.1 Å². The zero-order valence-electron chi connectivity index (χ0n) is 11.0. The average Bonchev–Trinajstić information content (AvgIpc) is 2.58. The number of sulfonamides is 1. The zero-order chi connectivity index (χ0) is 13.4. The van der Waals surface area contributed by atoms with Crippen molar-refractivity contribution < 1.29 is 8.42 Å². The maximum atomic E-state index is 12.4. The second-order valence-electron chi connectivity index (χ2n) is 5.18. The molecule has 1 aromatic rings. The molecule has 18 heavy (non-hydrogen) atoms. The highest BCUT2D eigenvalue weighted by atomic mass is 32.2. The molecule has 2 N–H and O–H groups in total. The summed E-state index contributed by atoms with van der Waals surface area (Å²) in [6.07, 6.45) is 2.96. The van der Waals surface area contributed by atoms with Crippen molar-refractivity contribution in [2.45, 2.75) is 50.1 Å². The van der Waals surface area contributed by atoms with E-state index in [0.717, 1.165) is 29.0 Å². The summed E-state index contributed by atoms with van der Waals surface area (Å²) in [6.45, 7) is 4.55. The number of aryl methyl sites for hydroxylation is 1. The van der Waals surface area contributed by atoms with E-state index in [2.05, 4.69) is 10.0 Å². The molecule has 0 radical (unpaired) electrons. The van der Waals surface area contributed by atoms with Crippen LogP contribution in [0, 0.1) is 6.92 Å². The van der Waals surface area contributed by atoms with Gasteiger partial charge in [-0.1, -0.05) is 0 Å². The normalized spacial score (nSPS) is 18.6. The van der Waals surface area contributed by atoms with Crippen molar-refractivity contribution in [2.24, 2.45) is 0 Å². The summed E-state index contributed by atoms with van der Waals surface area (Å²) < 4.78 is 27.5. The summed E-state index contributed by atoms with van der Waals surface area (Å²) >= 11 is 1.54. The van der Waals surface area contributed by atoms with Gasteiger partial charge in [0.2, 0.25) is 10.0 Å². The molecular formula is C12H20N2O2S2. The van der Waals surface area contributed by atoms with Crippen molar-refractivity contribution in [1.82, 2.24) is 10.0 Å². The van der Waals surface area contributed by atoms with E-state index in [1.807, 2.05) is 20.9 Å². The monoisotopic (exact) mass is 288 g/mol. The number of hydrogen-bond donors (Lipinski definition) is 2. The van der Waals surface area contributed by atoms with Crippen LogP contribution in [0.15, 0.2) is 11.0 Å². The van der Waals surface area contributed by atoms with E-state index >= 15 is 0 Å². The van der Waals surface area contributed by atoms with Crippen molar-refractivity contribution in [3.63, 3.8) is 0 Å². The van der Waals surface area contributed by atoms with Crippen LogP contribution in [-0.4, -0.2) is 21.0 Å². The summed E-state index contributed by atoms with van der Waals surface area (Å²) in [5.41, 5.74) is -0.240. The number of thiophene rings is 1. The molecule has 0 unspecified atom stereocenters. The minimum atomic E-state index is -3.37. The Hall–Kier alpha value is -0.430. The Bertz CT molecular complexity index is 530. The molecule has 102 valence electrons. The molecule has 0 amide bonds. The largest absolute Gasteiger partial charge is 0.315 e. The van der Waals surface area contributed by atoms with Crippen LogP contribution in [0.3, 0.4) is 0 Å². The molecule has 1 aliphatic carbocycles. The zero-order valence-corrected chi connectivity index (χ0v) is 12.7. The topological polar surface area (TPSA) is 58.2 Å². The maximum Gasteiger partial charge on any atom is 0.242 e. The van der Waals surface area contributed by atoms with Gasteiger partial charge in [-0.3, -0.25) is 0 Å². The third-order valence-electron chi connectivity index (χ3n) is 3.40. The van der Waals surface area contributed by atoms with E-state index in [1.54, 1.807) is 6.07 Å². The first-order valence-corrected chi connectivity index (χ1v) is 8.44. The van der Waals surface area contributed by atoms with Crippen LogP contribution < -0.4 is 10.0 Å². The lowest BCUT2D eigenvalue weighted by Crippen LogP contribution is -2.50. The lowest BCUT2D eigenvalue weighted by Gasteiger charge is -2.38. The molecule has 0 spiro atoms. The molecule has 0 aliphatic heterocycles. The van der Waals surface area contributed by atoms with Crippen LogP contribution in [0.2, 0.25) is 0 Å². The summed E-state index contributed by atoms with van der Waals surface area (Å²) in [7, 11) is -1.52. The van der Waals surface area contributed by atoms with Crippen molar-refractivity contribution in [2.75, 3.05) is 7.05 Å². The third-order valence-corrected chi connectivity index (χ3v) is 6.35. The van der Waals surface area contributed by atoms with E-state index in [0.29, 0.717) is 11.4 Å². The Morgan fingerprint density at radius 2 is 2.11 bits per heavy atom. The maximum absolute atomic E-state index is 12.4. The molecule has 0 aromatic carbocycles. The fourth-order valence-electron chi connectivity index (χ4n) is 2.24. The third kappa shape index (κ3) is 2.77. The van der Waals surface area contributed by atoms with Crippen LogP contribution in [0.1, 0.15) is 35.9 Å². The van der Waals surface area contributed by atoms with Gasteiger partial charge < -0.3 is 5.32 Å². The van der Waals surface area contributed by atoms with Crippen LogP contribution >= 0.6 is 11.3 Å². The molecule has 0 atom stereocenters. The molecule has 1 fully saturated rings. The predicted molar refractivity (Wildman–Crippen MR) is 74.4 cm³/mol. The van der Waals surface area contributed by atoms with Crippen molar-refractivity contribution in [3.05, 3.63) is 15.8 Å². The first kappa shape index (κ1) is 14.0. The second kappa shape index (κ2) is 4.92. The highest BCUT2D eigenvalue weighted by molar-refractivity contribution is 7.89. The number of rotatable bonds is 5. The van der Waals surface area contributed by atoms with E-state index in [1.165, 1.54) is 11.3 Å². The summed E-state index contributed by atoms with van der Waals surface area (Å²) in [6, 6.07) is 1.78. The van der Waals surface area contributed by atoms with Crippen molar-refractivity contribution >= 4 is 21.4 Å². The lowest BCUT2D eigenvalue weighted by molar-refractivity contribution is 0.248. The average molecular weight is 288 g/mol. The fourth-order valence-corrected chi connectivity index (χ4v) is 5.35. The Morgan fingerprint density at radius 1 is 1.44 bits per heavy atom. The molecule has 0 bridgehead atoms. The minimum Gasteiger partial charge on any atom is -0.315 e. The highest BCUT2D eigenvalue weighted by Crippen LogP contribution is 2.34. The van der Waals surface area contributed by atoms with E-state index in [-0.39, 0.29) is 5.54 Å². The summed E-state index contributed by atoms with van der Waals surface area (Å²) in [5, 5.41) is 3.04. The predicted octanol–water partition coefficient (Wildman–Crippen LogP) is 2.00. The Morgan fingerprint density at radius 3 is 2.61 bits per heavy atom. The molecule has 1 heterocycles. The quantitative estimate of drug-likeness (QED) is 0.871. The Kier molecular flexibility index (Phi) is 3.82. The first-order chi connectivity index (χ1) is 8.36. The summed E-state index contributed by atoms with van der Waals surface area (Å²) in [4.78, 5) is 2.34. The summed E-state index contributed by atoms with van der Waals surface area (Å²) in [5.74, 6) is 0. The first-order valence-electron chi connectivity index (χ1n) is 6.14. The lowest BCUT2D eigenvalue weighted by atomic mass is 9.80. The van der Waals surface area contributed by atoms with E-state index < -0.39 is 10.0 Å². The molecular weight excluding hydrogens is 268 g/mol. The van der Waals surface area contributed by atoms with Crippen LogP contribution in [0.5, 0.6) is 0 Å². The van der Waals surface area contributed by atoms with Gasteiger partial charge in [0.05, 0.1) is 4.90 Å². The second-order valence-corrected chi connectivity index (χ2v) is 8.17. The van der Waals surface area contributed by atoms with Gasteiger partial charge >= 0.3 is 0 Å². The van der Waals surface area contributed by atoms with E-state index in [4.69, 9.17) is 0 Å². The van der Waals surface area contributed by atoms with Crippen LogP contribution in [0.25, 0.3) is 0 Å². The van der Waals surface area contributed by atoms with Gasteiger partial charge in [0.15, 0.2) is 0 Å². The van der Waals surface area contributed by atoms with Gasteiger partial charge in [-0.15, -0.1) is 11.3 Å². The van der Waals surface area contributed by atoms with Gasteiger partial charge in [-0.2, -0.15) is 0 Å². The van der Waals surface area contributed by atoms with Gasteiger partial charge in [0.1, 0.15) is 0 Å². The molecule has 4 nitrogen and oxygen atoms in total. The molecule has 6 heteroatoms. The Labute approximate surface area is 113 Å². The highest BCUT2D eigenvalue weighted by Gasteiger charge is 2.36. The smallest absolute Gasteiger partial charge is 0.242 e. The van der Waals surface area contributed by atoms with Crippen molar-refractivity contribution in [3.8, 4) is 0 Å². The number of hydrogen-bond acceptors (Lipinski definition) is 4. The fraction of sp³-hybridized carbons (Fsp3) is 0.667. The van der Waals surface area contributed by atoms with Gasteiger partial charge in [0, 0.05) is 21.8 Å². The van der Waals surface area contributed by atoms with Gasteiger partial charge in [0.25, 0.3) is 0 Å². The molecule has 2 rings (SSSR count). The Balaban J connectivity index is 2.23. The van der Waals surface area contributed by atoms with Crippen LogP contribution in [-0.2, 0) is 16.6 Å². The van der Waals surface area contributed by atoms with Gasteiger partial charge in [-0.05, 0) is 46.2 Å². The minimum absolute atomic E-state index is 0.240. The molecule has 1 aromatic heterocycles.